The number of fused-ring (bicyclic) bond motifs is 12. The highest BCUT2D eigenvalue weighted by Gasteiger charge is 2.33. The lowest BCUT2D eigenvalue weighted by Gasteiger charge is -2.42. The smallest absolute Gasteiger partial charge is 0.144 e. The summed E-state index contributed by atoms with van der Waals surface area (Å²) < 4.78 is 15.7. The Bertz CT molecular complexity index is 3470. The minimum Gasteiger partial charge on any atom is -0.455 e. The van der Waals surface area contributed by atoms with E-state index in [1.165, 1.54) is 53.0 Å². The molecule has 3 nitrogen and oxygen atoms in total. The third-order valence-electron chi connectivity index (χ3n) is 12.0. The molecule has 0 N–H and O–H groups in total. The first-order valence-electron chi connectivity index (χ1n) is 19.5. The van der Waals surface area contributed by atoms with Crippen LogP contribution in [-0.4, -0.2) is 5.54 Å². The Morgan fingerprint density at radius 1 is 0.526 bits per heavy atom. The Labute approximate surface area is 333 Å². The van der Waals surface area contributed by atoms with Crippen LogP contribution in [0, 0.1) is 0 Å². The number of anilines is 2. The summed E-state index contributed by atoms with van der Waals surface area (Å²) in [6, 6.07) is 58.8. The van der Waals surface area contributed by atoms with Crippen molar-refractivity contribution in [2.24, 2.45) is 0 Å². The molecule has 8 aromatic carbocycles. The summed E-state index contributed by atoms with van der Waals surface area (Å²) in [7, 11) is 0. The molecule has 1 aliphatic carbocycles. The Balaban J connectivity index is 1.03. The second kappa shape index (κ2) is 12.3. The lowest BCUT2D eigenvalue weighted by Crippen LogP contribution is -2.42. The summed E-state index contributed by atoms with van der Waals surface area (Å²) in [5, 5.41) is 9.46. The molecule has 1 atom stereocenters. The number of thiophene rings is 1. The number of nitrogens with zero attached hydrogens (tertiary/aromatic N) is 1. The molecule has 0 fully saturated rings. The van der Waals surface area contributed by atoms with E-state index in [1.54, 1.807) is 0 Å². The SMILES string of the molecule is CC1(N(c2cccc(-c3ccccc3)c2)c2ccc3sc4ccc5c(oc6ccc7ccccc7c65)c4c3c2)C=CC(c2cccc3c2oc2ccccc23)=CC1. The zero-order chi connectivity index (χ0) is 37.7. The van der Waals surface area contributed by atoms with E-state index < -0.39 is 0 Å². The Hall–Kier alpha value is -6.88. The molecule has 0 amide bonds. The molecule has 12 rings (SSSR count). The van der Waals surface area contributed by atoms with Crippen LogP contribution in [0.2, 0.25) is 0 Å². The first-order chi connectivity index (χ1) is 28.1. The minimum absolute atomic E-state index is 0.381. The van der Waals surface area contributed by atoms with Crippen molar-refractivity contribution in [1.29, 1.82) is 0 Å². The molecule has 0 aliphatic heterocycles. The molecule has 3 aromatic heterocycles. The highest BCUT2D eigenvalue weighted by molar-refractivity contribution is 7.26. The predicted molar refractivity (Wildman–Crippen MR) is 242 cm³/mol. The molecule has 0 saturated heterocycles. The van der Waals surface area contributed by atoms with Crippen LogP contribution in [0.25, 0.3) is 91.5 Å². The highest BCUT2D eigenvalue weighted by atomic mass is 32.1. The van der Waals surface area contributed by atoms with Crippen LogP contribution in [0.1, 0.15) is 18.9 Å². The molecular weight excluding hydrogens is 715 g/mol. The number of rotatable bonds is 5. The summed E-state index contributed by atoms with van der Waals surface area (Å²) >= 11 is 1.83. The van der Waals surface area contributed by atoms with Gasteiger partial charge >= 0.3 is 0 Å². The van der Waals surface area contributed by atoms with Crippen LogP contribution in [-0.2, 0) is 0 Å². The fraction of sp³-hybridized carbons (Fsp3) is 0.0566. The Morgan fingerprint density at radius 3 is 2.18 bits per heavy atom. The van der Waals surface area contributed by atoms with E-state index in [-0.39, 0.29) is 5.54 Å². The van der Waals surface area contributed by atoms with Gasteiger partial charge in [0.15, 0.2) is 0 Å². The lowest BCUT2D eigenvalue weighted by molar-refractivity contribution is 0.571. The molecule has 0 saturated carbocycles. The van der Waals surface area contributed by atoms with E-state index in [0.717, 1.165) is 61.8 Å². The van der Waals surface area contributed by atoms with Gasteiger partial charge in [-0.25, -0.2) is 0 Å². The van der Waals surface area contributed by atoms with Crippen molar-refractivity contribution in [2.45, 2.75) is 18.9 Å². The van der Waals surface area contributed by atoms with Crippen molar-refractivity contribution in [3.8, 4) is 11.1 Å². The number of furan rings is 2. The van der Waals surface area contributed by atoms with Crippen molar-refractivity contribution >= 4 is 103 Å². The van der Waals surface area contributed by atoms with Gasteiger partial charge in [-0.15, -0.1) is 11.3 Å². The second-order valence-corrected chi connectivity index (χ2v) is 16.5. The van der Waals surface area contributed by atoms with E-state index >= 15 is 0 Å². The predicted octanol–water partition coefficient (Wildman–Crippen LogP) is 15.6. The van der Waals surface area contributed by atoms with Crippen LogP contribution in [0.15, 0.2) is 191 Å². The van der Waals surface area contributed by atoms with Gasteiger partial charge in [-0.3, -0.25) is 0 Å². The summed E-state index contributed by atoms with van der Waals surface area (Å²) in [4.78, 5) is 2.53. The van der Waals surface area contributed by atoms with Crippen LogP contribution < -0.4 is 4.90 Å². The maximum absolute atomic E-state index is 6.80. The van der Waals surface area contributed by atoms with Crippen molar-refractivity contribution in [2.75, 3.05) is 4.90 Å². The normalized spacial score (nSPS) is 15.8. The van der Waals surface area contributed by atoms with Crippen molar-refractivity contribution < 1.29 is 8.83 Å². The highest BCUT2D eigenvalue weighted by Crippen LogP contribution is 2.47. The van der Waals surface area contributed by atoms with Crippen molar-refractivity contribution in [3.05, 3.63) is 188 Å². The summed E-state index contributed by atoms with van der Waals surface area (Å²) in [6.07, 6.45) is 7.86. The average molecular weight is 750 g/mol. The van der Waals surface area contributed by atoms with Crippen LogP contribution in [0.3, 0.4) is 0 Å². The molecule has 0 spiro atoms. The first-order valence-corrected chi connectivity index (χ1v) is 20.4. The molecule has 0 bridgehead atoms. The zero-order valence-electron chi connectivity index (χ0n) is 31.2. The minimum atomic E-state index is -0.381. The van der Waals surface area contributed by atoms with Gasteiger partial charge in [-0.05, 0) is 95.4 Å². The largest absolute Gasteiger partial charge is 0.455 e. The van der Waals surface area contributed by atoms with Crippen LogP contribution >= 0.6 is 11.3 Å². The third-order valence-corrected chi connectivity index (χ3v) is 13.1. The van der Waals surface area contributed by atoms with Crippen LogP contribution in [0.5, 0.6) is 0 Å². The molecule has 3 heterocycles. The second-order valence-electron chi connectivity index (χ2n) is 15.4. The maximum Gasteiger partial charge on any atom is 0.144 e. The molecule has 270 valence electrons. The zero-order valence-corrected chi connectivity index (χ0v) is 32.0. The summed E-state index contributed by atoms with van der Waals surface area (Å²) in [5.74, 6) is 0. The molecule has 1 aliphatic rings. The number of allylic oxidation sites excluding steroid dienone is 2. The summed E-state index contributed by atoms with van der Waals surface area (Å²) in [6.45, 7) is 2.35. The summed E-state index contributed by atoms with van der Waals surface area (Å²) in [5.41, 5.74) is 10.3. The number of benzene rings is 8. The standard InChI is InChI=1S/C53H35NO2S/c1-53(29-27-35(28-30-53)40-18-10-19-42-41-17-7-8-20-45(41)55-51(40)42)54(37-15-9-14-36(31-37)33-11-3-2-4-12-33)38-22-25-47-44(32-38)50-48(57-47)26-23-43-49-39-16-6-5-13-34(39)21-24-46(49)56-52(43)50/h2-29,31-32H,30H2,1H3. The van der Waals surface area contributed by atoms with E-state index in [9.17, 15) is 0 Å². The Morgan fingerprint density at radius 2 is 1.28 bits per heavy atom. The topological polar surface area (TPSA) is 29.5 Å². The van der Waals surface area contributed by atoms with Crippen molar-refractivity contribution in [3.63, 3.8) is 0 Å². The van der Waals surface area contributed by atoms with Gasteiger partial charge in [-0.2, -0.15) is 0 Å². The lowest BCUT2D eigenvalue weighted by atomic mass is 9.85. The fourth-order valence-corrected chi connectivity index (χ4v) is 10.3. The van der Waals surface area contributed by atoms with Gasteiger partial charge in [0.2, 0.25) is 0 Å². The number of para-hydroxylation sites is 2. The van der Waals surface area contributed by atoms with E-state index in [2.05, 4.69) is 188 Å². The van der Waals surface area contributed by atoms with Gasteiger partial charge in [0.25, 0.3) is 0 Å². The van der Waals surface area contributed by atoms with Gasteiger partial charge in [0.05, 0.1) is 5.54 Å². The maximum atomic E-state index is 6.80. The first kappa shape index (κ1) is 32.4. The monoisotopic (exact) mass is 749 g/mol. The van der Waals surface area contributed by atoms with Gasteiger partial charge in [0, 0.05) is 58.7 Å². The Kier molecular flexibility index (Phi) is 6.99. The van der Waals surface area contributed by atoms with Gasteiger partial charge in [0.1, 0.15) is 22.3 Å². The molecule has 1 unspecified atom stereocenters. The third kappa shape index (κ3) is 4.97. The number of hydrogen-bond acceptors (Lipinski definition) is 4. The van der Waals surface area contributed by atoms with E-state index in [0.29, 0.717) is 0 Å². The molecule has 0 radical (unpaired) electrons. The van der Waals surface area contributed by atoms with E-state index in [1.807, 2.05) is 17.4 Å². The molecule has 57 heavy (non-hydrogen) atoms. The quantitative estimate of drug-likeness (QED) is 0.175. The number of hydrogen-bond donors (Lipinski definition) is 0. The van der Waals surface area contributed by atoms with Crippen LogP contribution in [0.4, 0.5) is 11.4 Å². The van der Waals surface area contributed by atoms with Gasteiger partial charge < -0.3 is 13.7 Å². The molecule has 4 heteroatoms. The van der Waals surface area contributed by atoms with Crippen molar-refractivity contribution in [1.82, 2.24) is 0 Å². The molecule has 11 aromatic rings. The molecular formula is C53H35NO2S. The van der Waals surface area contributed by atoms with Gasteiger partial charge in [-0.1, -0.05) is 127 Å². The average Bonchev–Trinajstić information content (AvgIpc) is 3.96. The van der Waals surface area contributed by atoms with E-state index in [4.69, 9.17) is 8.83 Å². The fourth-order valence-electron chi connectivity index (χ4n) is 9.25.